The third kappa shape index (κ3) is 4.51. The quantitative estimate of drug-likeness (QED) is 0.773. The van der Waals surface area contributed by atoms with Gasteiger partial charge >= 0.3 is 0 Å². The average Bonchev–Trinajstić information content (AvgIpc) is 2.52. The molecule has 1 heterocycles. The zero-order valence-corrected chi connectivity index (χ0v) is 11.3. The van der Waals surface area contributed by atoms with Crippen LogP contribution in [0.15, 0.2) is 36.4 Å². The summed E-state index contributed by atoms with van der Waals surface area (Å²) in [5, 5.41) is 5.79. The Bertz CT molecular complexity index is 479. The first kappa shape index (κ1) is 14.3. The Morgan fingerprint density at radius 1 is 1.20 bits per heavy atom. The van der Waals surface area contributed by atoms with Crippen molar-refractivity contribution in [2.45, 2.75) is 0 Å². The van der Waals surface area contributed by atoms with Gasteiger partial charge in [-0.1, -0.05) is 30.3 Å². The van der Waals surface area contributed by atoms with E-state index in [9.17, 15) is 9.59 Å². The van der Waals surface area contributed by atoms with Gasteiger partial charge in [0, 0.05) is 32.3 Å². The maximum Gasteiger partial charge on any atom is 0.244 e. The number of hydrogen-bond acceptors (Lipinski definition) is 3. The summed E-state index contributed by atoms with van der Waals surface area (Å²) in [6.07, 6.45) is 3.17. The van der Waals surface area contributed by atoms with E-state index in [4.69, 9.17) is 0 Å². The Morgan fingerprint density at radius 2 is 1.90 bits per heavy atom. The lowest BCUT2D eigenvalue weighted by atomic mass is 10.2. The second-order valence-corrected chi connectivity index (χ2v) is 4.59. The minimum atomic E-state index is -0.252. The highest BCUT2D eigenvalue weighted by molar-refractivity contribution is 5.94. The fraction of sp³-hybridized carbons (Fsp3) is 0.333. The molecule has 1 fully saturated rings. The molecule has 0 bridgehead atoms. The standard InChI is InChI=1S/C15H19N3O2/c19-14(7-6-13-4-2-1-3-5-13)17-12-15(20)18-10-8-16-9-11-18/h1-7,16H,8-12H2,(H,17,19). The van der Waals surface area contributed by atoms with Crippen LogP contribution in [0.1, 0.15) is 5.56 Å². The monoisotopic (exact) mass is 273 g/mol. The number of nitrogens with zero attached hydrogens (tertiary/aromatic N) is 1. The van der Waals surface area contributed by atoms with Crippen LogP contribution in [0.4, 0.5) is 0 Å². The van der Waals surface area contributed by atoms with Crippen molar-refractivity contribution in [3.05, 3.63) is 42.0 Å². The molecule has 1 aromatic carbocycles. The van der Waals surface area contributed by atoms with Gasteiger partial charge in [-0.25, -0.2) is 0 Å². The van der Waals surface area contributed by atoms with Crippen LogP contribution >= 0.6 is 0 Å². The maximum atomic E-state index is 11.8. The molecule has 1 aromatic rings. The number of benzene rings is 1. The molecule has 0 unspecified atom stereocenters. The number of piperazine rings is 1. The average molecular weight is 273 g/mol. The van der Waals surface area contributed by atoms with E-state index < -0.39 is 0 Å². The van der Waals surface area contributed by atoms with E-state index in [2.05, 4.69) is 10.6 Å². The third-order valence-corrected chi connectivity index (χ3v) is 3.11. The lowest BCUT2D eigenvalue weighted by molar-refractivity contribution is -0.132. The highest BCUT2D eigenvalue weighted by Gasteiger charge is 2.15. The van der Waals surface area contributed by atoms with E-state index in [0.29, 0.717) is 13.1 Å². The van der Waals surface area contributed by atoms with E-state index in [-0.39, 0.29) is 18.4 Å². The van der Waals surface area contributed by atoms with Crippen LogP contribution in [-0.2, 0) is 9.59 Å². The Morgan fingerprint density at radius 3 is 2.60 bits per heavy atom. The molecular formula is C15H19N3O2. The fourth-order valence-electron chi connectivity index (χ4n) is 1.98. The van der Waals surface area contributed by atoms with Crippen molar-refractivity contribution < 1.29 is 9.59 Å². The van der Waals surface area contributed by atoms with Gasteiger partial charge in [0.25, 0.3) is 0 Å². The summed E-state index contributed by atoms with van der Waals surface area (Å²) in [7, 11) is 0. The second-order valence-electron chi connectivity index (χ2n) is 4.59. The van der Waals surface area contributed by atoms with Gasteiger partial charge in [0.05, 0.1) is 6.54 Å². The molecule has 106 valence electrons. The smallest absolute Gasteiger partial charge is 0.244 e. The largest absolute Gasteiger partial charge is 0.343 e. The van der Waals surface area contributed by atoms with Gasteiger partial charge in [-0.05, 0) is 11.6 Å². The molecule has 1 saturated heterocycles. The minimum absolute atomic E-state index is 0.0343. The van der Waals surface area contributed by atoms with E-state index in [1.165, 1.54) is 6.08 Å². The van der Waals surface area contributed by atoms with Crippen molar-refractivity contribution in [1.82, 2.24) is 15.5 Å². The van der Waals surface area contributed by atoms with Gasteiger partial charge in [-0.2, -0.15) is 0 Å². The van der Waals surface area contributed by atoms with Gasteiger partial charge in [0.15, 0.2) is 0 Å². The predicted octanol–water partition coefficient (Wildman–Crippen LogP) is 0.248. The molecular weight excluding hydrogens is 254 g/mol. The van der Waals surface area contributed by atoms with Crippen LogP contribution in [0.25, 0.3) is 6.08 Å². The van der Waals surface area contributed by atoms with Gasteiger partial charge < -0.3 is 15.5 Å². The Labute approximate surface area is 118 Å². The molecule has 0 radical (unpaired) electrons. The van der Waals surface area contributed by atoms with Crippen molar-refractivity contribution in [1.29, 1.82) is 0 Å². The third-order valence-electron chi connectivity index (χ3n) is 3.11. The maximum absolute atomic E-state index is 11.8. The Kier molecular flexibility index (Phi) is 5.32. The number of nitrogens with one attached hydrogen (secondary N) is 2. The Balaban J connectivity index is 1.74. The molecule has 5 heteroatoms. The minimum Gasteiger partial charge on any atom is -0.343 e. The summed E-state index contributed by atoms with van der Waals surface area (Å²) < 4.78 is 0. The topological polar surface area (TPSA) is 61.4 Å². The number of hydrogen-bond donors (Lipinski definition) is 2. The highest BCUT2D eigenvalue weighted by atomic mass is 16.2. The summed E-state index contributed by atoms with van der Waals surface area (Å²) in [4.78, 5) is 25.2. The molecule has 0 saturated carbocycles. The van der Waals surface area contributed by atoms with Crippen molar-refractivity contribution in [2.24, 2.45) is 0 Å². The van der Waals surface area contributed by atoms with Gasteiger partial charge in [-0.3, -0.25) is 9.59 Å². The van der Waals surface area contributed by atoms with Crippen LogP contribution in [0.2, 0.25) is 0 Å². The van der Waals surface area contributed by atoms with E-state index >= 15 is 0 Å². The van der Waals surface area contributed by atoms with E-state index in [0.717, 1.165) is 18.7 Å². The molecule has 1 aliphatic rings. The molecule has 1 aliphatic heterocycles. The van der Waals surface area contributed by atoms with Crippen LogP contribution in [0.3, 0.4) is 0 Å². The number of carbonyl (C=O) groups excluding carboxylic acids is 2. The highest BCUT2D eigenvalue weighted by Crippen LogP contribution is 2.00. The number of carbonyl (C=O) groups is 2. The second kappa shape index (κ2) is 7.45. The zero-order chi connectivity index (χ0) is 14.2. The van der Waals surface area contributed by atoms with Crippen molar-refractivity contribution in [3.63, 3.8) is 0 Å². The number of rotatable bonds is 4. The number of amides is 2. The van der Waals surface area contributed by atoms with E-state index in [1.54, 1.807) is 11.0 Å². The van der Waals surface area contributed by atoms with Gasteiger partial charge in [-0.15, -0.1) is 0 Å². The van der Waals surface area contributed by atoms with Crippen molar-refractivity contribution in [2.75, 3.05) is 32.7 Å². The summed E-state index contributed by atoms with van der Waals surface area (Å²) in [6, 6.07) is 9.56. The summed E-state index contributed by atoms with van der Waals surface area (Å²) in [5.41, 5.74) is 0.955. The molecule has 2 amide bonds. The van der Waals surface area contributed by atoms with E-state index in [1.807, 2.05) is 30.3 Å². The van der Waals surface area contributed by atoms with Crippen molar-refractivity contribution in [3.8, 4) is 0 Å². The fourth-order valence-corrected chi connectivity index (χ4v) is 1.98. The summed E-state index contributed by atoms with van der Waals surface area (Å²) >= 11 is 0. The first-order valence-corrected chi connectivity index (χ1v) is 6.75. The first-order chi connectivity index (χ1) is 9.75. The SMILES string of the molecule is O=C(C=Cc1ccccc1)NCC(=O)N1CCNCC1. The summed E-state index contributed by atoms with van der Waals surface area (Å²) in [5.74, 6) is -0.287. The van der Waals surface area contributed by atoms with Crippen LogP contribution < -0.4 is 10.6 Å². The molecule has 20 heavy (non-hydrogen) atoms. The molecule has 5 nitrogen and oxygen atoms in total. The summed E-state index contributed by atoms with van der Waals surface area (Å²) in [6.45, 7) is 3.09. The molecule has 0 spiro atoms. The molecule has 2 N–H and O–H groups in total. The predicted molar refractivity (Wildman–Crippen MR) is 77.9 cm³/mol. The lowest BCUT2D eigenvalue weighted by Gasteiger charge is -2.27. The van der Waals surface area contributed by atoms with Gasteiger partial charge in [0.2, 0.25) is 11.8 Å². The lowest BCUT2D eigenvalue weighted by Crippen LogP contribution is -2.49. The van der Waals surface area contributed by atoms with Crippen LogP contribution in [0, 0.1) is 0 Å². The van der Waals surface area contributed by atoms with Gasteiger partial charge in [0.1, 0.15) is 0 Å². The molecule has 2 rings (SSSR count). The molecule has 0 aliphatic carbocycles. The Hall–Kier alpha value is -2.14. The first-order valence-electron chi connectivity index (χ1n) is 6.75. The molecule has 0 aromatic heterocycles. The van der Waals surface area contributed by atoms with Crippen LogP contribution in [0.5, 0.6) is 0 Å². The molecule has 0 atom stereocenters. The normalized spacial score (nSPS) is 15.3. The zero-order valence-electron chi connectivity index (χ0n) is 11.3. The van der Waals surface area contributed by atoms with Crippen molar-refractivity contribution >= 4 is 17.9 Å². The van der Waals surface area contributed by atoms with Crippen LogP contribution in [-0.4, -0.2) is 49.4 Å².